The van der Waals surface area contributed by atoms with Crippen molar-refractivity contribution in [2.75, 3.05) is 0 Å². The molecule has 1 aromatic heterocycles. The van der Waals surface area contributed by atoms with Gasteiger partial charge in [-0.25, -0.2) is 0 Å². The molecular weight excluding hydrogens is 497 g/mol. The Morgan fingerprint density at radius 2 is 1.43 bits per heavy atom. The molecule has 106 valence electrons. The first-order chi connectivity index (χ1) is 9.93. The summed E-state index contributed by atoms with van der Waals surface area (Å²) >= 11 is 3.02. The van der Waals surface area contributed by atoms with E-state index in [9.17, 15) is 9.59 Å². The number of nitrogens with zero attached hydrogens (tertiary/aromatic N) is 3. The van der Waals surface area contributed by atoms with Gasteiger partial charge in [-0.05, 0) is 0 Å². The Kier molecular flexibility index (Phi) is 3.80. The Bertz CT molecular complexity index is 949. The van der Waals surface area contributed by atoms with E-state index in [2.05, 4.69) is 0 Å². The molecule has 0 saturated carbocycles. The molecule has 2 radical (unpaired) electrons. The zero-order chi connectivity index (χ0) is 15.3. The summed E-state index contributed by atoms with van der Waals surface area (Å²) in [5.74, 6) is 0. The first kappa shape index (κ1) is 14.9. The predicted molar refractivity (Wildman–Crippen MR) is 83.6 cm³/mol. The van der Waals surface area contributed by atoms with Gasteiger partial charge in [0.15, 0.2) is 0 Å². The van der Waals surface area contributed by atoms with Crippen molar-refractivity contribution in [2.24, 2.45) is 0 Å². The molecule has 0 bridgehead atoms. The molecule has 3 aromatic rings. The predicted octanol–water partition coefficient (Wildman–Crippen LogP) is 0.434. The van der Waals surface area contributed by atoms with Gasteiger partial charge in [-0.2, -0.15) is 0 Å². The summed E-state index contributed by atoms with van der Waals surface area (Å²) in [5.41, 5.74) is 2.04. The van der Waals surface area contributed by atoms with Gasteiger partial charge in [0.2, 0.25) is 0 Å². The molecule has 0 aliphatic carbocycles. The Labute approximate surface area is 147 Å². The number of hydrogen-bond acceptors (Lipinski definition) is 2. The van der Waals surface area contributed by atoms with Crippen LogP contribution < -0.4 is 11.4 Å². The average Bonchev–Trinajstić information content (AvgIpc) is 2.64. The molecule has 0 fully saturated rings. The molecule has 5 nitrogen and oxygen atoms in total. The molecule has 0 saturated heterocycles. The van der Waals surface area contributed by atoms with Crippen LogP contribution in [0, 0.1) is 13.8 Å². The summed E-state index contributed by atoms with van der Waals surface area (Å²) < 4.78 is 3.91. The van der Waals surface area contributed by atoms with Crippen molar-refractivity contribution in [1.29, 1.82) is 0 Å². The fraction of sp³-hybridized carbons (Fsp3) is 0.143. The topological polar surface area (TPSA) is 48.9 Å². The van der Waals surface area contributed by atoms with Crippen LogP contribution in [0.15, 0.2) is 39.9 Å². The summed E-state index contributed by atoms with van der Waals surface area (Å²) in [5, 5.41) is 1.97. The van der Waals surface area contributed by atoms with Crippen LogP contribution in [-0.4, -0.2) is 55.6 Å². The van der Waals surface area contributed by atoms with Gasteiger partial charge in [0.25, 0.3) is 0 Å². The van der Waals surface area contributed by atoms with Crippen LogP contribution >= 0.6 is 0 Å². The normalized spacial score (nSPS) is 11.1. The van der Waals surface area contributed by atoms with Gasteiger partial charge >= 0.3 is 148 Å². The number of aryl methyl sites for hydroxylation is 2. The SMILES string of the molecule is Cc1ccc2c(C)cccc2c1-n1c(=O)n([Te])n([Te])c1=O. The van der Waals surface area contributed by atoms with Crippen LogP contribution in [0.25, 0.3) is 16.5 Å². The van der Waals surface area contributed by atoms with Crippen LogP contribution in [0.2, 0.25) is 0 Å². The molecule has 0 atom stereocenters. The van der Waals surface area contributed by atoms with E-state index >= 15 is 0 Å². The van der Waals surface area contributed by atoms with Crippen molar-refractivity contribution in [3.8, 4) is 5.69 Å². The molecule has 1 heterocycles. The van der Waals surface area contributed by atoms with E-state index in [0.29, 0.717) is 5.69 Å². The Balaban J connectivity index is 2.55. The standard InChI is InChI=1S/C14H11N3O2Te2/c1-8-4-3-5-11-10(8)7-6-9(2)12(11)15-13(18)16(20)17(21)14(15)19/h3-7H,1-2H3. The molecule has 21 heavy (non-hydrogen) atoms. The minimum absolute atomic E-state index is 0.327. The van der Waals surface area contributed by atoms with E-state index < -0.39 is 0 Å². The summed E-state index contributed by atoms with van der Waals surface area (Å²) in [6.07, 6.45) is 0. The van der Waals surface area contributed by atoms with Crippen LogP contribution in [0.4, 0.5) is 0 Å². The quantitative estimate of drug-likeness (QED) is 0.448. The maximum atomic E-state index is 12.4. The van der Waals surface area contributed by atoms with Gasteiger partial charge in [-0.1, -0.05) is 0 Å². The molecule has 7 heteroatoms. The van der Waals surface area contributed by atoms with Gasteiger partial charge in [-0.3, -0.25) is 0 Å². The van der Waals surface area contributed by atoms with Gasteiger partial charge < -0.3 is 0 Å². The third-order valence-electron chi connectivity index (χ3n) is 3.55. The number of benzene rings is 2. The van der Waals surface area contributed by atoms with E-state index in [1.54, 1.807) is 0 Å². The van der Waals surface area contributed by atoms with Crippen molar-refractivity contribution in [1.82, 2.24) is 10.4 Å². The van der Waals surface area contributed by atoms with Gasteiger partial charge in [0.05, 0.1) is 0 Å². The van der Waals surface area contributed by atoms with Gasteiger partial charge in [0.1, 0.15) is 0 Å². The second kappa shape index (κ2) is 5.34. The molecule has 0 aliphatic rings. The van der Waals surface area contributed by atoms with Gasteiger partial charge in [0, 0.05) is 0 Å². The van der Waals surface area contributed by atoms with E-state index in [0.717, 1.165) is 21.9 Å². The summed E-state index contributed by atoms with van der Waals surface area (Å²) in [7, 11) is 0. The molecule has 0 spiro atoms. The Morgan fingerprint density at radius 3 is 2.05 bits per heavy atom. The van der Waals surface area contributed by atoms with E-state index in [4.69, 9.17) is 0 Å². The Morgan fingerprint density at radius 1 is 0.810 bits per heavy atom. The van der Waals surface area contributed by atoms with Crippen molar-refractivity contribution < 1.29 is 0 Å². The average molecular weight is 508 g/mol. The fourth-order valence-corrected chi connectivity index (χ4v) is 3.37. The maximum absolute atomic E-state index is 12.4. The molecular formula is C14H11N3O2Te2. The zero-order valence-electron chi connectivity index (χ0n) is 11.4. The second-order valence-corrected chi connectivity index (χ2v) is 6.82. The number of fused-ring (bicyclic) bond motifs is 1. The monoisotopic (exact) mass is 513 g/mol. The second-order valence-electron chi connectivity index (χ2n) is 4.85. The first-order valence-electron chi connectivity index (χ1n) is 6.25. The van der Waals surface area contributed by atoms with Crippen LogP contribution in [0.3, 0.4) is 0 Å². The first-order valence-corrected chi connectivity index (χ1v) is 8.33. The van der Waals surface area contributed by atoms with Crippen molar-refractivity contribution in [3.63, 3.8) is 0 Å². The summed E-state index contributed by atoms with van der Waals surface area (Å²) in [6, 6.07) is 9.90. The van der Waals surface area contributed by atoms with Crippen molar-refractivity contribution >= 4 is 55.9 Å². The van der Waals surface area contributed by atoms with Crippen LogP contribution in [0.5, 0.6) is 0 Å². The molecule has 0 unspecified atom stereocenters. The fourth-order valence-electron chi connectivity index (χ4n) is 2.50. The van der Waals surface area contributed by atoms with E-state index in [1.807, 2.05) is 44.2 Å². The van der Waals surface area contributed by atoms with E-state index in [1.165, 1.54) is 55.6 Å². The number of hydrogen-bond donors (Lipinski definition) is 0. The van der Waals surface area contributed by atoms with E-state index in [-0.39, 0.29) is 11.4 Å². The molecule has 0 N–H and O–H groups in total. The summed E-state index contributed by atoms with van der Waals surface area (Å²) in [4.78, 5) is 24.8. The van der Waals surface area contributed by atoms with Crippen LogP contribution in [0.1, 0.15) is 11.1 Å². The molecule has 0 amide bonds. The molecule has 2 aromatic carbocycles. The number of rotatable bonds is 1. The Hall–Kier alpha value is -0.981. The van der Waals surface area contributed by atoms with Crippen LogP contribution in [-0.2, 0) is 0 Å². The molecule has 3 rings (SSSR count). The van der Waals surface area contributed by atoms with Gasteiger partial charge in [-0.15, -0.1) is 0 Å². The number of aromatic nitrogens is 3. The van der Waals surface area contributed by atoms with Crippen molar-refractivity contribution in [2.45, 2.75) is 13.8 Å². The third-order valence-corrected chi connectivity index (χ3v) is 6.38. The molecule has 0 aliphatic heterocycles. The zero-order valence-corrected chi connectivity index (χ0v) is 16.0. The minimum atomic E-state index is -0.327. The third kappa shape index (κ3) is 2.20. The van der Waals surface area contributed by atoms with Crippen molar-refractivity contribution in [3.05, 3.63) is 62.4 Å². The summed E-state index contributed by atoms with van der Waals surface area (Å²) in [6.45, 7) is 3.94.